The Labute approximate surface area is 89.7 Å². The largest absolute Gasteiger partial charge is 0.508 e. The van der Waals surface area contributed by atoms with Gasteiger partial charge in [-0.2, -0.15) is 0 Å². The van der Waals surface area contributed by atoms with Crippen LogP contribution in [-0.4, -0.2) is 17.7 Å². The number of hydrogen-bond donors (Lipinski definition) is 1. The van der Waals surface area contributed by atoms with E-state index in [0.29, 0.717) is 18.8 Å². The number of rotatable bonds is 4. The fourth-order valence-electron chi connectivity index (χ4n) is 1.38. The minimum absolute atomic E-state index is 0.210. The first-order chi connectivity index (χ1) is 7.09. The average Bonchev–Trinajstić information content (AvgIpc) is 2.18. The van der Waals surface area contributed by atoms with Gasteiger partial charge in [0.05, 0.1) is 6.61 Å². The quantitative estimate of drug-likeness (QED) is 0.771. The van der Waals surface area contributed by atoms with Crippen LogP contribution >= 0.6 is 0 Å². The first-order valence-electron chi connectivity index (χ1n) is 5.00. The van der Waals surface area contributed by atoms with Gasteiger partial charge in [0.15, 0.2) is 0 Å². The lowest BCUT2D eigenvalue weighted by Crippen LogP contribution is -2.11. The van der Waals surface area contributed by atoms with Crippen molar-refractivity contribution in [3.05, 3.63) is 29.8 Å². The number of phenols is 1. The molecule has 0 saturated carbocycles. The smallest absolute Gasteiger partial charge is 0.302 e. The number of esters is 1. The standard InChI is InChI=1S/C12H16O3/c1-9(8-15-10(2)13)7-11-5-3-4-6-12(11)14/h3-6,9,14H,7-8H2,1-2H3/t9-/m0/s1. The highest BCUT2D eigenvalue weighted by atomic mass is 16.5. The summed E-state index contributed by atoms with van der Waals surface area (Å²) < 4.78 is 4.90. The van der Waals surface area contributed by atoms with Crippen LogP contribution in [0.2, 0.25) is 0 Å². The molecule has 0 radical (unpaired) electrons. The molecule has 1 atom stereocenters. The maximum Gasteiger partial charge on any atom is 0.302 e. The second-order valence-corrected chi connectivity index (χ2v) is 3.74. The van der Waals surface area contributed by atoms with E-state index in [1.54, 1.807) is 12.1 Å². The van der Waals surface area contributed by atoms with E-state index in [1.165, 1.54) is 6.92 Å². The molecular formula is C12H16O3. The molecule has 3 nitrogen and oxygen atoms in total. The number of ether oxygens (including phenoxy) is 1. The van der Waals surface area contributed by atoms with Gasteiger partial charge in [0.1, 0.15) is 5.75 Å². The molecule has 3 heteroatoms. The Balaban J connectivity index is 2.47. The predicted octanol–water partition coefficient (Wildman–Crippen LogP) is 2.13. The molecule has 0 bridgehead atoms. The molecule has 0 aliphatic heterocycles. The van der Waals surface area contributed by atoms with Crippen LogP contribution < -0.4 is 0 Å². The topological polar surface area (TPSA) is 46.5 Å². The molecule has 1 N–H and O–H groups in total. The molecule has 0 heterocycles. The summed E-state index contributed by atoms with van der Waals surface area (Å²) in [4.78, 5) is 10.6. The SMILES string of the molecule is CC(=O)OC[C@@H](C)Cc1ccccc1O. The second-order valence-electron chi connectivity index (χ2n) is 3.74. The predicted molar refractivity (Wildman–Crippen MR) is 57.6 cm³/mol. The van der Waals surface area contributed by atoms with Crippen LogP contribution in [0.3, 0.4) is 0 Å². The second kappa shape index (κ2) is 5.39. The van der Waals surface area contributed by atoms with Crippen molar-refractivity contribution < 1.29 is 14.6 Å². The van der Waals surface area contributed by atoms with Crippen LogP contribution in [0.1, 0.15) is 19.4 Å². The van der Waals surface area contributed by atoms with Gasteiger partial charge in [0.25, 0.3) is 0 Å². The van der Waals surface area contributed by atoms with Crippen molar-refractivity contribution in [2.24, 2.45) is 5.92 Å². The number of para-hydroxylation sites is 1. The van der Waals surface area contributed by atoms with E-state index in [2.05, 4.69) is 0 Å². The van der Waals surface area contributed by atoms with Crippen LogP contribution in [0.4, 0.5) is 0 Å². The van der Waals surface area contributed by atoms with Crippen molar-refractivity contribution in [3.8, 4) is 5.75 Å². The summed E-state index contributed by atoms with van der Waals surface area (Å²) >= 11 is 0. The van der Waals surface area contributed by atoms with Crippen LogP contribution in [0.5, 0.6) is 5.75 Å². The molecule has 0 aliphatic carbocycles. The molecule has 1 aromatic carbocycles. The Morgan fingerprint density at radius 2 is 2.13 bits per heavy atom. The number of carbonyl (C=O) groups excluding carboxylic acids is 1. The number of benzene rings is 1. The van der Waals surface area contributed by atoms with Crippen molar-refractivity contribution >= 4 is 5.97 Å². The highest BCUT2D eigenvalue weighted by Gasteiger charge is 2.08. The van der Waals surface area contributed by atoms with Crippen molar-refractivity contribution in [2.45, 2.75) is 20.3 Å². The summed E-state index contributed by atoms with van der Waals surface area (Å²) in [7, 11) is 0. The number of hydrogen-bond acceptors (Lipinski definition) is 3. The molecule has 0 unspecified atom stereocenters. The third kappa shape index (κ3) is 4.02. The molecule has 0 fully saturated rings. The van der Waals surface area contributed by atoms with Crippen LogP contribution in [0.15, 0.2) is 24.3 Å². The summed E-state index contributed by atoms with van der Waals surface area (Å²) in [6, 6.07) is 7.21. The number of phenolic OH excluding ortho intramolecular Hbond substituents is 1. The van der Waals surface area contributed by atoms with Gasteiger partial charge in [-0.15, -0.1) is 0 Å². The first kappa shape index (κ1) is 11.6. The minimum atomic E-state index is -0.265. The van der Waals surface area contributed by atoms with Crippen molar-refractivity contribution in [1.29, 1.82) is 0 Å². The van der Waals surface area contributed by atoms with Gasteiger partial charge in [-0.1, -0.05) is 25.1 Å². The zero-order valence-corrected chi connectivity index (χ0v) is 9.06. The Bertz CT molecular complexity index is 333. The van der Waals surface area contributed by atoms with Crippen molar-refractivity contribution in [3.63, 3.8) is 0 Å². The van der Waals surface area contributed by atoms with Crippen LogP contribution in [0.25, 0.3) is 0 Å². The minimum Gasteiger partial charge on any atom is -0.508 e. The molecule has 0 saturated heterocycles. The van der Waals surface area contributed by atoms with Gasteiger partial charge < -0.3 is 9.84 Å². The molecule has 0 aliphatic rings. The zero-order chi connectivity index (χ0) is 11.3. The lowest BCUT2D eigenvalue weighted by molar-refractivity contribution is -0.142. The number of aromatic hydroxyl groups is 1. The normalized spacial score (nSPS) is 12.1. The lowest BCUT2D eigenvalue weighted by Gasteiger charge is -2.11. The van der Waals surface area contributed by atoms with Gasteiger partial charge in [-0.3, -0.25) is 4.79 Å². The summed E-state index contributed by atoms with van der Waals surface area (Å²) in [6.07, 6.45) is 0.708. The fourth-order valence-corrected chi connectivity index (χ4v) is 1.38. The molecule has 0 spiro atoms. The molecular weight excluding hydrogens is 192 g/mol. The van der Waals surface area contributed by atoms with E-state index in [0.717, 1.165) is 5.56 Å². The Kier molecular flexibility index (Phi) is 4.16. The third-order valence-corrected chi connectivity index (χ3v) is 2.13. The molecule has 82 valence electrons. The molecule has 15 heavy (non-hydrogen) atoms. The first-order valence-corrected chi connectivity index (χ1v) is 5.00. The van der Waals surface area contributed by atoms with E-state index in [1.807, 2.05) is 19.1 Å². The van der Waals surface area contributed by atoms with Crippen LogP contribution in [0, 0.1) is 5.92 Å². The Morgan fingerprint density at radius 1 is 1.47 bits per heavy atom. The van der Waals surface area contributed by atoms with Crippen LogP contribution in [-0.2, 0) is 16.0 Å². The van der Waals surface area contributed by atoms with E-state index < -0.39 is 0 Å². The summed E-state index contributed by atoms with van der Waals surface area (Å²) in [5.41, 5.74) is 0.886. The van der Waals surface area contributed by atoms with Gasteiger partial charge >= 0.3 is 5.97 Å². The van der Waals surface area contributed by atoms with E-state index in [4.69, 9.17) is 4.74 Å². The van der Waals surface area contributed by atoms with E-state index >= 15 is 0 Å². The highest BCUT2D eigenvalue weighted by molar-refractivity contribution is 5.65. The average molecular weight is 208 g/mol. The van der Waals surface area contributed by atoms with Gasteiger partial charge in [0.2, 0.25) is 0 Å². The van der Waals surface area contributed by atoms with E-state index in [9.17, 15) is 9.90 Å². The monoisotopic (exact) mass is 208 g/mol. The van der Waals surface area contributed by atoms with E-state index in [-0.39, 0.29) is 11.9 Å². The number of carbonyl (C=O) groups is 1. The van der Waals surface area contributed by atoms with Gasteiger partial charge in [-0.05, 0) is 24.0 Å². The molecule has 0 aromatic heterocycles. The highest BCUT2D eigenvalue weighted by Crippen LogP contribution is 2.19. The van der Waals surface area contributed by atoms with Crippen molar-refractivity contribution in [2.75, 3.05) is 6.61 Å². The third-order valence-electron chi connectivity index (χ3n) is 2.13. The van der Waals surface area contributed by atoms with Gasteiger partial charge in [0, 0.05) is 6.92 Å². The van der Waals surface area contributed by atoms with Gasteiger partial charge in [-0.25, -0.2) is 0 Å². The maximum absolute atomic E-state index is 10.6. The molecule has 0 amide bonds. The fraction of sp³-hybridized carbons (Fsp3) is 0.417. The lowest BCUT2D eigenvalue weighted by atomic mass is 10.0. The maximum atomic E-state index is 10.6. The zero-order valence-electron chi connectivity index (χ0n) is 9.06. The Morgan fingerprint density at radius 3 is 2.73 bits per heavy atom. The summed E-state index contributed by atoms with van der Waals surface area (Å²) in [5.74, 6) is 0.244. The molecule has 1 aromatic rings. The van der Waals surface area contributed by atoms with Crippen molar-refractivity contribution in [1.82, 2.24) is 0 Å². The Hall–Kier alpha value is -1.51. The molecule has 1 rings (SSSR count). The summed E-state index contributed by atoms with van der Waals surface area (Å²) in [6.45, 7) is 3.77. The summed E-state index contributed by atoms with van der Waals surface area (Å²) in [5, 5.41) is 9.53.